The Labute approximate surface area is 156 Å². The molecule has 3 heterocycles. The van der Waals surface area contributed by atoms with E-state index in [1.807, 2.05) is 18.2 Å². The van der Waals surface area contributed by atoms with Crippen LogP contribution in [0.15, 0.2) is 37.1 Å². The molecule has 1 atom stereocenters. The predicted octanol–water partition coefficient (Wildman–Crippen LogP) is 4.82. The quantitative estimate of drug-likeness (QED) is 0.693. The van der Waals surface area contributed by atoms with E-state index in [-0.39, 0.29) is 11.9 Å². The van der Waals surface area contributed by atoms with Gasteiger partial charge >= 0.3 is 0 Å². The van der Waals surface area contributed by atoms with Crippen LogP contribution in [0.2, 0.25) is 0 Å². The van der Waals surface area contributed by atoms with Crippen molar-refractivity contribution in [2.45, 2.75) is 25.3 Å². The smallest absolute Gasteiger partial charge is 0.261 e. The van der Waals surface area contributed by atoms with Gasteiger partial charge in [0.2, 0.25) is 0 Å². The first-order valence-corrected chi connectivity index (χ1v) is 10.1. The molecule has 1 amide bonds. The highest BCUT2D eigenvalue weighted by molar-refractivity contribution is 9.13. The van der Waals surface area contributed by atoms with Crippen molar-refractivity contribution in [1.82, 2.24) is 10.2 Å². The van der Waals surface area contributed by atoms with Crippen LogP contribution < -0.4 is 5.32 Å². The molecule has 1 aliphatic heterocycles. The molecule has 0 aromatic carbocycles. The van der Waals surface area contributed by atoms with Crippen molar-refractivity contribution in [2.24, 2.45) is 0 Å². The number of carbonyl (C=O) groups excluding carboxylic acids is 1. The number of furan rings is 1. The summed E-state index contributed by atoms with van der Waals surface area (Å²) in [5, 5.41) is 3.05. The highest BCUT2D eigenvalue weighted by atomic mass is 79.9. The van der Waals surface area contributed by atoms with Crippen LogP contribution in [0.4, 0.5) is 0 Å². The Balaban J connectivity index is 1.67. The second kappa shape index (κ2) is 7.96. The van der Waals surface area contributed by atoms with Crippen molar-refractivity contribution in [3.05, 3.63) is 43.4 Å². The van der Waals surface area contributed by atoms with Crippen LogP contribution in [0.1, 0.15) is 40.7 Å². The number of rotatable bonds is 5. The number of piperidine rings is 1. The second-order valence-corrected chi connectivity index (χ2v) is 8.79. The van der Waals surface area contributed by atoms with E-state index in [0.717, 1.165) is 27.1 Å². The summed E-state index contributed by atoms with van der Waals surface area (Å²) >= 11 is 8.27. The Hall–Kier alpha value is -0.630. The van der Waals surface area contributed by atoms with E-state index in [2.05, 4.69) is 42.1 Å². The van der Waals surface area contributed by atoms with Crippen LogP contribution in [0.25, 0.3) is 0 Å². The Morgan fingerprint density at radius 1 is 1.35 bits per heavy atom. The number of thiophene rings is 1. The van der Waals surface area contributed by atoms with Gasteiger partial charge in [0.15, 0.2) is 0 Å². The first-order chi connectivity index (χ1) is 11.1. The summed E-state index contributed by atoms with van der Waals surface area (Å²) in [5.74, 6) is 0.871. The van der Waals surface area contributed by atoms with Crippen LogP contribution in [-0.4, -0.2) is 30.4 Å². The molecule has 1 saturated heterocycles. The molecule has 0 aliphatic carbocycles. The van der Waals surface area contributed by atoms with Crippen LogP contribution >= 0.6 is 43.2 Å². The van der Waals surface area contributed by atoms with E-state index in [1.54, 1.807) is 6.26 Å². The maximum atomic E-state index is 12.4. The minimum Gasteiger partial charge on any atom is -0.468 e. The van der Waals surface area contributed by atoms with Gasteiger partial charge in [-0.1, -0.05) is 6.42 Å². The zero-order valence-corrected chi connectivity index (χ0v) is 16.5. The molecule has 2 aromatic heterocycles. The van der Waals surface area contributed by atoms with E-state index in [4.69, 9.17) is 4.42 Å². The molecule has 3 rings (SSSR count). The van der Waals surface area contributed by atoms with Crippen molar-refractivity contribution in [1.29, 1.82) is 0 Å². The first-order valence-electron chi connectivity index (χ1n) is 7.65. The lowest BCUT2D eigenvalue weighted by Crippen LogP contribution is -2.40. The fraction of sp³-hybridized carbons (Fsp3) is 0.438. The van der Waals surface area contributed by atoms with Gasteiger partial charge in [-0.05, 0) is 76.0 Å². The molecule has 1 unspecified atom stereocenters. The summed E-state index contributed by atoms with van der Waals surface area (Å²) < 4.78 is 7.45. The molecule has 1 N–H and O–H groups in total. The van der Waals surface area contributed by atoms with Crippen LogP contribution in [0.5, 0.6) is 0 Å². The van der Waals surface area contributed by atoms with Gasteiger partial charge in [-0.25, -0.2) is 0 Å². The lowest BCUT2D eigenvalue weighted by atomic mass is 10.1. The minimum absolute atomic E-state index is 0.0463. The zero-order chi connectivity index (χ0) is 16.2. The topological polar surface area (TPSA) is 45.5 Å². The van der Waals surface area contributed by atoms with Gasteiger partial charge in [-0.3, -0.25) is 9.69 Å². The number of halogens is 2. The Kier molecular flexibility index (Phi) is 5.96. The standard InChI is InChI=1S/C16H18Br2N2O2S/c17-11-9-14(23-15(11)18)16(21)19-10-12(13-5-4-8-22-13)20-6-2-1-3-7-20/h4-5,8-9,12H,1-3,6-7,10H2,(H,19,21). The van der Waals surface area contributed by atoms with Gasteiger partial charge in [-0.15, -0.1) is 11.3 Å². The Morgan fingerprint density at radius 2 is 2.13 bits per heavy atom. The largest absolute Gasteiger partial charge is 0.468 e. The number of carbonyl (C=O) groups is 1. The average molecular weight is 462 g/mol. The molecule has 0 spiro atoms. The summed E-state index contributed by atoms with van der Waals surface area (Å²) in [4.78, 5) is 15.5. The second-order valence-electron chi connectivity index (χ2n) is 5.57. The third kappa shape index (κ3) is 4.26. The zero-order valence-electron chi connectivity index (χ0n) is 12.6. The van der Waals surface area contributed by atoms with E-state index in [0.29, 0.717) is 11.4 Å². The van der Waals surface area contributed by atoms with Gasteiger partial charge in [0.25, 0.3) is 5.91 Å². The van der Waals surface area contributed by atoms with Crippen molar-refractivity contribution >= 4 is 49.1 Å². The van der Waals surface area contributed by atoms with Crippen molar-refractivity contribution in [2.75, 3.05) is 19.6 Å². The van der Waals surface area contributed by atoms with Crippen molar-refractivity contribution in [3.8, 4) is 0 Å². The number of hydrogen-bond acceptors (Lipinski definition) is 4. The predicted molar refractivity (Wildman–Crippen MR) is 98.9 cm³/mol. The summed E-state index contributed by atoms with van der Waals surface area (Å²) in [7, 11) is 0. The fourth-order valence-electron chi connectivity index (χ4n) is 2.86. The molecular formula is C16H18Br2N2O2S. The van der Waals surface area contributed by atoms with Crippen LogP contribution in [0.3, 0.4) is 0 Å². The molecular weight excluding hydrogens is 444 g/mol. The van der Waals surface area contributed by atoms with Crippen molar-refractivity contribution < 1.29 is 9.21 Å². The van der Waals surface area contributed by atoms with E-state index in [1.165, 1.54) is 30.6 Å². The maximum Gasteiger partial charge on any atom is 0.261 e. The molecule has 23 heavy (non-hydrogen) atoms. The van der Waals surface area contributed by atoms with Gasteiger partial charge < -0.3 is 9.73 Å². The van der Waals surface area contributed by atoms with Gasteiger partial charge in [0.05, 0.1) is 21.0 Å². The molecule has 0 radical (unpaired) electrons. The van der Waals surface area contributed by atoms with Gasteiger partial charge in [0.1, 0.15) is 5.76 Å². The number of nitrogens with zero attached hydrogens (tertiary/aromatic N) is 1. The third-order valence-electron chi connectivity index (χ3n) is 4.03. The van der Waals surface area contributed by atoms with E-state index < -0.39 is 0 Å². The molecule has 1 aliphatic rings. The van der Waals surface area contributed by atoms with Crippen LogP contribution in [-0.2, 0) is 0 Å². The fourth-order valence-corrected chi connectivity index (χ4v) is 4.81. The summed E-state index contributed by atoms with van der Waals surface area (Å²) in [5.41, 5.74) is 0. The highest BCUT2D eigenvalue weighted by Crippen LogP contribution is 2.32. The Morgan fingerprint density at radius 3 is 2.74 bits per heavy atom. The van der Waals surface area contributed by atoms with Crippen molar-refractivity contribution in [3.63, 3.8) is 0 Å². The molecule has 4 nitrogen and oxygen atoms in total. The molecule has 0 saturated carbocycles. The number of hydrogen-bond donors (Lipinski definition) is 1. The monoisotopic (exact) mass is 460 g/mol. The normalized spacial score (nSPS) is 17.1. The first kappa shape index (κ1) is 17.2. The summed E-state index contributed by atoms with van der Waals surface area (Å²) in [6, 6.07) is 5.83. The van der Waals surface area contributed by atoms with Gasteiger partial charge in [-0.2, -0.15) is 0 Å². The minimum atomic E-state index is -0.0463. The van der Waals surface area contributed by atoms with E-state index >= 15 is 0 Å². The average Bonchev–Trinajstić information content (AvgIpc) is 3.19. The highest BCUT2D eigenvalue weighted by Gasteiger charge is 2.25. The van der Waals surface area contributed by atoms with Crippen LogP contribution in [0, 0.1) is 0 Å². The SMILES string of the molecule is O=C(NCC(c1ccco1)N1CCCCC1)c1cc(Br)c(Br)s1. The molecule has 2 aromatic rings. The summed E-state index contributed by atoms with van der Waals surface area (Å²) in [6.45, 7) is 2.66. The third-order valence-corrected chi connectivity index (χ3v) is 7.28. The molecule has 124 valence electrons. The number of amides is 1. The lowest BCUT2D eigenvalue weighted by molar-refractivity contribution is 0.0918. The van der Waals surface area contributed by atoms with E-state index in [9.17, 15) is 4.79 Å². The maximum absolute atomic E-state index is 12.4. The number of likely N-dealkylation sites (tertiary alicyclic amines) is 1. The summed E-state index contributed by atoms with van der Waals surface area (Å²) in [6.07, 6.45) is 5.39. The molecule has 0 bridgehead atoms. The molecule has 1 fully saturated rings. The van der Waals surface area contributed by atoms with Gasteiger partial charge in [0, 0.05) is 11.0 Å². The lowest BCUT2D eigenvalue weighted by Gasteiger charge is -2.33. The molecule has 7 heteroatoms. The Bertz CT molecular complexity index is 632. The number of nitrogens with one attached hydrogen (secondary N) is 1.